The Hall–Kier alpha value is -1.80. The predicted octanol–water partition coefficient (Wildman–Crippen LogP) is 1.56. The molecule has 1 atom stereocenters. The summed E-state index contributed by atoms with van der Waals surface area (Å²) in [6, 6.07) is 0. The van der Waals surface area contributed by atoms with Crippen LogP contribution in [0.2, 0.25) is 0 Å². The lowest BCUT2D eigenvalue weighted by molar-refractivity contribution is -0.146. The number of hydrogen-bond acceptors (Lipinski definition) is 7. The van der Waals surface area contributed by atoms with Gasteiger partial charge in [0.05, 0.1) is 12.0 Å². The third kappa shape index (κ3) is 3.49. The van der Waals surface area contributed by atoms with Gasteiger partial charge in [-0.2, -0.15) is 4.68 Å². The number of nitrogens with zero attached hydrogens (tertiary/aromatic N) is 3. The zero-order valence-electron chi connectivity index (χ0n) is 13.9. The average molecular weight is 351 g/mol. The summed E-state index contributed by atoms with van der Waals surface area (Å²) in [4.78, 5) is 26.4. The summed E-state index contributed by atoms with van der Waals surface area (Å²) in [5.41, 5.74) is 0.834. The van der Waals surface area contributed by atoms with Crippen molar-refractivity contribution in [2.24, 2.45) is 5.92 Å². The average Bonchev–Trinajstić information content (AvgIpc) is 2.92. The van der Waals surface area contributed by atoms with Crippen molar-refractivity contribution in [2.75, 3.05) is 19.8 Å². The Morgan fingerprint density at radius 2 is 2.25 bits per heavy atom. The van der Waals surface area contributed by atoms with Crippen molar-refractivity contribution in [3.63, 3.8) is 0 Å². The van der Waals surface area contributed by atoms with Gasteiger partial charge in [-0.15, -0.1) is 16.4 Å². The van der Waals surface area contributed by atoms with Crippen molar-refractivity contribution < 1.29 is 14.3 Å². The van der Waals surface area contributed by atoms with E-state index in [1.165, 1.54) is 4.88 Å². The van der Waals surface area contributed by atoms with Crippen LogP contribution in [0.1, 0.15) is 30.7 Å². The van der Waals surface area contributed by atoms with Crippen LogP contribution in [0.25, 0.3) is 10.2 Å². The minimum Gasteiger partial charge on any atom is -0.462 e. The second-order valence-corrected chi connectivity index (χ2v) is 7.09. The van der Waals surface area contributed by atoms with Crippen LogP contribution >= 0.6 is 11.3 Å². The van der Waals surface area contributed by atoms with E-state index < -0.39 is 5.97 Å². The summed E-state index contributed by atoms with van der Waals surface area (Å²) < 4.78 is 11.2. The third-order valence-corrected chi connectivity index (χ3v) is 5.30. The maximum absolute atomic E-state index is 12.7. The SMILES string of the molecule is CCOCCOC(=O)Cn1nnc2sc3c(c2c1=O)CCC(C)C3. The molecule has 0 fully saturated rings. The molecule has 0 saturated heterocycles. The Bertz CT molecular complexity index is 798. The van der Waals surface area contributed by atoms with Crippen LogP contribution in [0.5, 0.6) is 0 Å². The monoisotopic (exact) mass is 351 g/mol. The number of aromatic nitrogens is 3. The van der Waals surface area contributed by atoms with Crippen LogP contribution in [-0.4, -0.2) is 40.8 Å². The number of aryl methyl sites for hydroxylation is 1. The number of carbonyl (C=O) groups is 1. The standard InChI is InChI=1S/C16H21N3O4S/c1-3-22-6-7-23-13(20)9-19-16(21)14-11-5-4-10(2)8-12(11)24-15(14)17-18-19/h10H,3-9H2,1-2H3. The highest BCUT2D eigenvalue weighted by Gasteiger charge is 2.24. The van der Waals surface area contributed by atoms with Crippen molar-refractivity contribution in [2.45, 2.75) is 39.7 Å². The van der Waals surface area contributed by atoms with Gasteiger partial charge in [0.2, 0.25) is 0 Å². The zero-order valence-corrected chi connectivity index (χ0v) is 14.7. The summed E-state index contributed by atoms with van der Waals surface area (Å²) in [5, 5.41) is 8.64. The molecule has 3 rings (SSSR count). The van der Waals surface area contributed by atoms with Crippen molar-refractivity contribution >= 4 is 27.5 Å². The maximum atomic E-state index is 12.7. The predicted molar refractivity (Wildman–Crippen MR) is 90.3 cm³/mol. The molecular formula is C16H21N3O4S. The van der Waals surface area contributed by atoms with E-state index in [-0.39, 0.29) is 18.7 Å². The molecule has 0 aliphatic heterocycles. The Morgan fingerprint density at radius 3 is 3.04 bits per heavy atom. The quantitative estimate of drug-likeness (QED) is 0.580. The van der Waals surface area contributed by atoms with E-state index in [9.17, 15) is 9.59 Å². The minimum atomic E-state index is -0.511. The molecule has 1 aliphatic carbocycles. The molecule has 1 aliphatic rings. The zero-order chi connectivity index (χ0) is 17.1. The van der Waals surface area contributed by atoms with Crippen molar-refractivity contribution in [3.8, 4) is 0 Å². The molecule has 2 aromatic rings. The van der Waals surface area contributed by atoms with Crippen molar-refractivity contribution in [1.82, 2.24) is 15.0 Å². The normalized spacial score (nSPS) is 17.0. The molecule has 0 aromatic carbocycles. The molecule has 1 unspecified atom stereocenters. The van der Waals surface area contributed by atoms with Crippen LogP contribution in [0, 0.1) is 5.92 Å². The van der Waals surface area contributed by atoms with E-state index in [2.05, 4.69) is 17.2 Å². The Morgan fingerprint density at radius 1 is 1.42 bits per heavy atom. The van der Waals surface area contributed by atoms with Crippen LogP contribution in [0.15, 0.2) is 4.79 Å². The number of ether oxygens (including phenoxy) is 2. The Labute approximate surface area is 143 Å². The second kappa shape index (κ2) is 7.40. The third-order valence-electron chi connectivity index (χ3n) is 4.16. The molecule has 2 aromatic heterocycles. The molecule has 24 heavy (non-hydrogen) atoms. The van der Waals surface area contributed by atoms with Crippen molar-refractivity contribution in [1.29, 1.82) is 0 Å². The molecule has 0 bridgehead atoms. The number of carbonyl (C=O) groups excluding carboxylic acids is 1. The molecule has 0 radical (unpaired) electrons. The number of rotatable bonds is 6. The van der Waals surface area contributed by atoms with Crippen LogP contribution in [0.4, 0.5) is 0 Å². The summed E-state index contributed by atoms with van der Waals surface area (Å²) in [6.07, 6.45) is 2.94. The molecule has 8 heteroatoms. The molecule has 130 valence electrons. The minimum absolute atomic E-state index is 0.169. The van der Waals surface area contributed by atoms with Crippen molar-refractivity contribution in [3.05, 3.63) is 20.8 Å². The molecule has 0 amide bonds. The lowest BCUT2D eigenvalue weighted by atomic mass is 9.89. The fourth-order valence-corrected chi connectivity index (χ4v) is 4.24. The fourth-order valence-electron chi connectivity index (χ4n) is 2.92. The largest absolute Gasteiger partial charge is 0.462 e. The van der Waals surface area contributed by atoms with E-state index >= 15 is 0 Å². The first-order valence-electron chi connectivity index (χ1n) is 8.21. The highest BCUT2D eigenvalue weighted by molar-refractivity contribution is 7.18. The van der Waals surface area contributed by atoms with Gasteiger partial charge >= 0.3 is 5.97 Å². The summed E-state index contributed by atoms with van der Waals surface area (Å²) in [7, 11) is 0. The van der Waals surface area contributed by atoms with Crippen LogP contribution < -0.4 is 5.56 Å². The van der Waals surface area contributed by atoms with Gasteiger partial charge in [-0.25, -0.2) is 0 Å². The van der Waals surface area contributed by atoms with Gasteiger partial charge < -0.3 is 9.47 Å². The molecule has 0 saturated carbocycles. The molecule has 2 heterocycles. The topological polar surface area (TPSA) is 83.3 Å². The lowest BCUT2D eigenvalue weighted by Gasteiger charge is -2.17. The number of fused-ring (bicyclic) bond motifs is 3. The highest BCUT2D eigenvalue weighted by atomic mass is 32.1. The summed E-state index contributed by atoms with van der Waals surface area (Å²) in [5.74, 6) is 0.115. The first kappa shape index (κ1) is 17.0. The highest BCUT2D eigenvalue weighted by Crippen LogP contribution is 2.35. The van der Waals surface area contributed by atoms with E-state index in [0.717, 1.165) is 29.5 Å². The molecule has 0 N–H and O–H groups in total. The van der Waals surface area contributed by atoms with Gasteiger partial charge in [-0.05, 0) is 37.7 Å². The number of hydrogen-bond donors (Lipinski definition) is 0. The maximum Gasteiger partial charge on any atom is 0.328 e. The van der Waals surface area contributed by atoms with Crippen LogP contribution in [-0.2, 0) is 33.7 Å². The summed E-state index contributed by atoms with van der Waals surface area (Å²) >= 11 is 1.54. The van der Waals surface area contributed by atoms with E-state index in [1.807, 2.05) is 6.92 Å². The van der Waals surface area contributed by atoms with E-state index in [1.54, 1.807) is 11.3 Å². The Kier molecular flexibility index (Phi) is 5.25. The first-order valence-corrected chi connectivity index (χ1v) is 9.03. The van der Waals surface area contributed by atoms with Gasteiger partial charge in [-0.3, -0.25) is 9.59 Å². The molecule has 0 spiro atoms. The van der Waals surface area contributed by atoms with E-state index in [4.69, 9.17) is 9.47 Å². The van der Waals surface area contributed by atoms with Gasteiger partial charge in [0, 0.05) is 11.5 Å². The number of esters is 1. The molecular weight excluding hydrogens is 330 g/mol. The smallest absolute Gasteiger partial charge is 0.328 e. The van der Waals surface area contributed by atoms with Gasteiger partial charge in [0.1, 0.15) is 13.2 Å². The first-order chi connectivity index (χ1) is 11.6. The van der Waals surface area contributed by atoms with E-state index in [0.29, 0.717) is 29.3 Å². The second-order valence-electron chi connectivity index (χ2n) is 6.00. The lowest BCUT2D eigenvalue weighted by Crippen LogP contribution is -2.29. The fraction of sp³-hybridized carbons (Fsp3) is 0.625. The molecule has 7 nitrogen and oxygen atoms in total. The van der Waals surface area contributed by atoms with Gasteiger partial charge in [0.15, 0.2) is 4.83 Å². The number of thiophene rings is 1. The Balaban J connectivity index is 1.79. The van der Waals surface area contributed by atoms with Crippen LogP contribution in [0.3, 0.4) is 0 Å². The van der Waals surface area contributed by atoms with Gasteiger partial charge in [-0.1, -0.05) is 12.1 Å². The summed E-state index contributed by atoms with van der Waals surface area (Å²) in [6.45, 7) is 4.95. The van der Waals surface area contributed by atoms with Gasteiger partial charge in [0.25, 0.3) is 5.56 Å².